The van der Waals surface area contributed by atoms with Crippen LogP contribution in [0.5, 0.6) is 0 Å². The molecule has 0 aromatic carbocycles. The molecule has 0 atom stereocenters. The van der Waals surface area contributed by atoms with E-state index < -0.39 is 0 Å². The minimum Gasteiger partial charge on any atom is -0.365 e. The van der Waals surface area contributed by atoms with Crippen LogP contribution < -0.4 is 5.32 Å². The first-order valence-electron chi connectivity index (χ1n) is 7.35. The highest BCUT2D eigenvalue weighted by molar-refractivity contribution is 8.13. The van der Waals surface area contributed by atoms with Gasteiger partial charge in [0.2, 0.25) is 0 Å². The molecule has 4 heteroatoms. The Balaban J connectivity index is 1.45. The average Bonchev–Trinajstić information content (AvgIpc) is 2.88. The normalized spacial score (nSPS) is 28.3. The van der Waals surface area contributed by atoms with Crippen LogP contribution in [0.2, 0.25) is 0 Å². The van der Waals surface area contributed by atoms with E-state index in [-0.39, 0.29) is 0 Å². The van der Waals surface area contributed by atoms with Crippen LogP contribution in [0.25, 0.3) is 0 Å². The smallest absolute Gasteiger partial charge is 0.156 e. The average molecular weight is 284 g/mol. The van der Waals surface area contributed by atoms with Crippen LogP contribution in [0.15, 0.2) is 4.99 Å². The van der Waals surface area contributed by atoms with Gasteiger partial charge in [-0.3, -0.25) is 4.99 Å². The van der Waals surface area contributed by atoms with Crippen molar-refractivity contribution in [3.8, 4) is 0 Å². The topological polar surface area (TPSA) is 24.4 Å². The first-order valence-corrected chi connectivity index (χ1v) is 9.49. The first kappa shape index (κ1) is 13.2. The molecule has 2 nitrogen and oxygen atoms in total. The second-order valence-corrected chi connectivity index (χ2v) is 8.24. The second-order valence-electron chi connectivity index (χ2n) is 6.05. The molecule has 0 aromatic heterocycles. The molecule has 3 rings (SSSR count). The van der Waals surface area contributed by atoms with Crippen molar-refractivity contribution in [1.29, 1.82) is 0 Å². The molecule has 0 aromatic rings. The van der Waals surface area contributed by atoms with E-state index in [1.165, 1.54) is 61.0 Å². The molecule has 0 radical (unpaired) electrons. The Morgan fingerprint density at radius 1 is 1.22 bits per heavy atom. The number of hydrogen-bond acceptors (Lipinski definition) is 4. The molecule has 3 aliphatic rings. The molecule has 102 valence electrons. The van der Waals surface area contributed by atoms with Crippen molar-refractivity contribution in [2.75, 3.05) is 30.3 Å². The third-order valence-corrected chi connectivity index (χ3v) is 6.97. The van der Waals surface area contributed by atoms with Crippen molar-refractivity contribution >= 4 is 28.7 Å². The highest BCUT2D eigenvalue weighted by Gasteiger charge is 2.36. The predicted octanol–water partition coefficient (Wildman–Crippen LogP) is 3.38. The number of nitrogens with zero attached hydrogens (tertiary/aromatic N) is 1. The lowest BCUT2D eigenvalue weighted by Gasteiger charge is -2.31. The van der Waals surface area contributed by atoms with Gasteiger partial charge in [0.05, 0.1) is 0 Å². The molecule has 2 heterocycles. The summed E-state index contributed by atoms with van der Waals surface area (Å²) >= 11 is 4.09. The minimum atomic E-state index is 0.581. The molecule has 2 fully saturated rings. The number of aliphatic imine (C=N–C) groups is 1. The van der Waals surface area contributed by atoms with Crippen LogP contribution in [0, 0.1) is 11.3 Å². The van der Waals surface area contributed by atoms with Gasteiger partial charge < -0.3 is 5.32 Å². The van der Waals surface area contributed by atoms with Gasteiger partial charge in [-0.2, -0.15) is 11.8 Å². The first-order chi connectivity index (χ1) is 8.86. The summed E-state index contributed by atoms with van der Waals surface area (Å²) in [4.78, 5) is 4.81. The van der Waals surface area contributed by atoms with Gasteiger partial charge in [0, 0.05) is 18.8 Å². The summed E-state index contributed by atoms with van der Waals surface area (Å²) in [6.07, 6.45) is 8.46. The van der Waals surface area contributed by atoms with Gasteiger partial charge in [-0.1, -0.05) is 24.6 Å². The zero-order valence-electron chi connectivity index (χ0n) is 11.1. The van der Waals surface area contributed by atoms with E-state index in [4.69, 9.17) is 4.99 Å². The van der Waals surface area contributed by atoms with Gasteiger partial charge in [-0.15, -0.1) is 0 Å². The number of amidine groups is 1. The molecule has 1 saturated heterocycles. The Bertz CT molecular complexity index is 305. The van der Waals surface area contributed by atoms with Gasteiger partial charge in [-0.05, 0) is 48.5 Å². The molecular weight excluding hydrogens is 260 g/mol. The van der Waals surface area contributed by atoms with Gasteiger partial charge in [0.25, 0.3) is 0 Å². The number of rotatable bonds is 2. The fraction of sp³-hybridized carbons (Fsp3) is 0.929. The van der Waals surface area contributed by atoms with Crippen molar-refractivity contribution in [3.05, 3.63) is 0 Å². The molecular formula is C14H24N2S2. The van der Waals surface area contributed by atoms with Crippen molar-refractivity contribution < 1.29 is 0 Å². The van der Waals surface area contributed by atoms with Gasteiger partial charge >= 0.3 is 0 Å². The third-order valence-electron chi connectivity index (χ3n) is 4.62. The summed E-state index contributed by atoms with van der Waals surface area (Å²) in [5.41, 5.74) is 0.581. The van der Waals surface area contributed by atoms with Crippen molar-refractivity contribution in [2.45, 2.75) is 38.5 Å². The van der Waals surface area contributed by atoms with Crippen LogP contribution >= 0.6 is 23.5 Å². The standard InChI is InChI=1S/C14H24N2S2/c1-2-6-14(5-1)10-16-13(18-11-14)15-9-12-3-7-17-8-4-12/h12H,1-11H2,(H,15,16). The number of hydrogen-bond donors (Lipinski definition) is 1. The molecule has 18 heavy (non-hydrogen) atoms. The van der Waals surface area contributed by atoms with Crippen molar-refractivity contribution in [3.63, 3.8) is 0 Å². The Kier molecular flexibility index (Phi) is 4.45. The Hall–Kier alpha value is 0.170. The summed E-state index contributed by atoms with van der Waals surface area (Å²) in [6, 6.07) is 0. The highest BCUT2D eigenvalue weighted by atomic mass is 32.2. The molecule has 0 amide bonds. The van der Waals surface area contributed by atoms with Crippen LogP contribution in [0.3, 0.4) is 0 Å². The van der Waals surface area contributed by atoms with E-state index in [0.717, 1.165) is 19.0 Å². The van der Waals surface area contributed by atoms with E-state index in [1.54, 1.807) is 0 Å². The van der Waals surface area contributed by atoms with E-state index >= 15 is 0 Å². The maximum absolute atomic E-state index is 4.81. The van der Waals surface area contributed by atoms with Gasteiger partial charge in [0.1, 0.15) is 0 Å². The largest absolute Gasteiger partial charge is 0.365 e. The summed E-state index contributed by atoms with van der Waals surface area (Å²) in [5, 5.41) is 4.83. The van der Waals surface area contributed by atoms with Gasteiger partial charge in [-0.25, -0.2) is 0 Å². The molecule has 1 saturated carbocycles. The lowest BCUT2D eigenvalue weighted by Crippen LogP contribution is -2.36. The molecule has 1 aliphatic carbocycles. The zero-order valence-corrected chi connectivity index (χ0v) is 12.8. The maximum atomic E-state index is 4.81. The van der Waals surface area contributed by atoms with Crippen molar-refractivity contribution in [1.82, 2.24) is 5.32 Å². The Labute approximate surface area is 119 Å². The Morgan fingerprint density at radius 3 is 2.67 bits per heavy atom. The molecule has 2 aliphatic heterocycles. The monoisotopic (exact) mass is 284 g/mol. The molecule has 0 unspecified atom stereocenters. The number of thioether (sulfide) groups is 2. The van der Waals surface area contributed by atoms with Gasteiger partial charge in [0.15, 0.2) is 5.17 Å². The predicted molar refractivity (Wildman–Crippen MR) is 83.7 cm³/mol. The van der Waals surface area contributed by atoms with Crippen LogP contribution in [-0.4, -0.2) is 35.5 Å². The van der Waals surface area contributed by atoms with E-state index in [1.807, 2.05) is 11.8 Å². The third kappa shape index (κ3) is 3.19. The zero-order chi connectivity index (χ0) is 12.3. The lowest BCUT2D eigenvalue weighted by molar-refractivity contribution is 0.358. The molecule has 1 N–H and O–H groups in total. The van der Waals surface area contributed by atoms with Crippen LogP contribution in [-0.2, 0) is 0 Å². The lowest BCUT2D eigenvalue weighted by atomic mass is 9.89. The second kappa shape index (κ2) is 6.08. The van der Waals surface area contributed by atoms with E-state index in [0.29, 0.717) is 5.41 Å². The summed E-state index contributed by atoms with van der Waals surface area (Å²) in [6.45, 7) is 2.24. The SMILES string of the molecule is C1CCC2(C1)CN=C(NCC1CCSCC1)SC2. The van der Waals surface area contributed by atoms with E-state index in [9.17, 15) is 0 Å². The summed E-state index contributed by atoms with van der Waals surface area (Å²) < 4.78 is 0. The van der Waals surface area contributed by atoms with E-state index in [2.05, 4.69) is 17.1 Å². The summed E-state index contributed by atoms with van der Waals surface area (Å²) in [5.74, 6) is 4.90. The Morgan fingerprint density at radius 2 is 2.00 bits per heavy atom. The maximum Gasteiger partial charge on any atom is 0.156 e. The molecule has 0 bridgehead atoms. The quantitative estimate of drug-likeness (QED) is 0.841. The van der Waals surface area contributed by atoms with Crippen LogP contribution in [0.4, 0.5) is 0 Å². The fourth-order valence-electron chi connectivity index (χ4n) is 3.27. The van der Waals surface area contributed by atoms with Crippen molar-refractivity contribution in [2.24, 2.45) is 16.3 Å². The highest BCUT2D eigenvalue weighted by Crippen LogP contribution is 2.43. The summed E-state index contributed by atoms with van der Waals surface area (Å²) in [7, 11) is 0. The minimum absolute atomic E-state index is 0.581. The fourth-order valence-corrected chi connectivity index (χ4v) is 5.64. The number of nitrogens with one attached hydrogen (secondary N) is 1. The van der Waals surface area contributed by atoms with Crippen LogP contribution in [0.1, 0.15) is 38.5 Å². The molecule has 1 spiro atoms.